The van der Waals surface area contributed by atoms with E-state index >= 15 is 0 Å². The van der Waals surface area contributed by atoms with Crippen LogP contribution in [-0.2, 0) is 13.9 Å². The fourth-order valence-electron chi connectivity index (χ4n) is 2.04. The Hall–Kier alpha value is -1.75. The van der Waals surface area contributed by atoms with Crippen LogP contribution in [0.4, 0.5) is 11.5 Å². The molecule has 0 fully saturated rings. The fourth-order valence-corrected chi connectivity index (χ4v) is 2.39. The number of anilines is 2. The molecule has 11 nitrogen and oxygen atoms in total. The maximum Gasteiger partial charge on any atom is 0.522 e. The lowest BCUT2D eigenvalue weighted by atomic mass is 10.4. The van der Waals surface area contributed by atoms with Crippen molar-refractivity contribution >= 4 is 25.3 Å². The molecule has 0 aromatic carbocycles. The molecule has 0 saturated carbocycles. The number of nitrogens with one attached hydrogen (secondary N) is 1. The molecule has 0 bridgehead atoms. The summed E-state index contributed by atoms with van der Waals surface area (Å²) in [5, 5.41) is 10.8. The monoisotopic (exact) mass is 333 g/mol. The zero-order valence-electron chi connectivity index (χ0n) is 12.5. The van der Waals surface area contributed by atoms with E-state index in [4.69, 9.17) is 9.88 Å². The molecule has 0 amide bonds. The Bertz CT molecular complexity index is 634. The maximum absolute atomic E-state index is 11.4. The van der Waals surface area contributed by atoms with Gasteiger partial charge < -0.3 is 0 Å². The Labute approximate surface area is 127 Å². The van der Waals surface area contributed by atoms with Crippen molar-refractivity contribution in [1.29, 1.82) is 0 Å². The summed E-state index contributed by atoms with van der Waals surface area (Å²) in [5.74, 6) is 0.938. The lowest BCUT2D eigenvalue weighted by molar-refractivity contribution is -0.471. The Morgan fingerprint density at radius 1 is 1.50 bits per heavy atom. The lowest BCUT2D eigenvalue weighted by Gasteiger charge is -2.21. The van der Waals surface area contributed by atoms with Crippen LogP contribution in [0.25, 0.3) is 0 Å². The topological polar surface area (TPSA) is 114 Å². The van der Waals surface area contributed by atoms with E-state index in [9.17, 15) is 9.46 Å². The van der Waals surface area contributed by atoms with Crippen molar-refractivity contribution in [2.24, 2.45) is 0 Å². The summed E-state index contributed by atoms with van der Waals surface area (Å²) < 4.78 is 21.4. The molecule has 22 heavy (non-hydrogen) atoms. The number of hydrogen-bond acceptors (Lipinski definition) is 7. The molecule has 0 saturated heterocycles. The van der Waals surface area contributed by atoms with Gasteiger partial charge in [0.1, 0.15) is 0 Å². The van der Waals surface area contributed by atoms with Crippen LogP contribution < -0.4 is 15.7 Å². The van der Waals surface area contributed by atoms with Gasteiger partial charge in [-0.15, -0.1) is 19.5 Å². The molecule has 1 aliphatic heterocycles. The van der Waals surface area contributed by atoms with E-state index in [1.807, 2.05) is 37.7 Å². The van der Waals surface area contributed by atoms with Crippen molar-refractivity contribution in [2.45, 2.75) is 0 Å². The van der Waals surface area contributed by atoms with E-state index in [-0.39, 0.29) is 5.82 Å². The molecule has 1 unspecified atom stereocenters. The van der Waals surface area contributed by atoms with Gasteiger partial charge in [-0.2, -0.15) is 0 Å². The van der Waals surface area contributed by atoms with Crippen molar-refractivity contribution in [2.75, 3.05) is 38.4 Å². The second-order valence-electron chi connectivity index (χ2n) is 4.80. The van der Waals surface area contributed by atoms with E-state index in [1.165, 1.54) is 6.20 Å². The van der Waals surface area contributed by atoms with E-state index in [1.54, 1.807) is 17.1 Å². The first-order valence-electron chi connectivity index (χ1n) is 6.15. The van der Waals surface area contributed by atoms with Gasteiger partial charge in [-0.05, 0) is 12.1 Å². The summed E-state index contributed by atoms with van der Waals surface area (Å²) in [6.45, 7) is 0. The SMILES string of the molecule is CN(C)C(N1NN(OP(=O)(O)OO)c2ncccc21)=[N+](C)C. The molecular formula is C10H18N6O5P+. The number of fused-ring (bicyclic) bond motifs is 1. The van der Waals surface area contributed by atoms with Gasteiger partial charge in [0.15, 0.2) is 5.69 Å². The van der Waals surface area contributed by atoms with Crippen LogP contribution in [0.5, 0.6) is 0 Å². The van der Waals surface area contributed by atoms with Gasteiger partial charge in [0, 0.05) is 6.20 Å². The van der Waals surface area contributed by atoms with E-state index in [0.717, 1.165) is 5.17 Å². The van der Waals surface area contributed by atoms with Crippen LogP contribution in [0.2, 0.25) is 0 Å². The highest BCUT2D eigenvalue weighted by molar-refractivity contribution is 7.47. The first kappa shape index (κ1) is 16.6. The van der Waals surface area contributed by atoms with Gasteiger partial charge in [0.05, 0.1) is 28.2 Å². The zero-order valence-corrected chi connectivity index (χ0v) is 13.4. The molecule has 122 valence electrons. The summed E-state index contributed by atoms with van der Waals surface area (Å²) in [6.07, 6.45) is 1.49. The van der Waals surface area contributed by atoms with Crippen molar-refractivity contribution in [3.05, 3.63) is 18.3 Å². The first-order valence-corrected chi connectivity index (χ1v) is 7.65. The molecule has 0 radical (unpaired) electrons. The predicted octanol–water partition coefficient (Wildman–Crippen LogP) is -0.161. The summed E-state index contributed by atoms with van der Waals surface area (Å²) >= 11 is 0. The van der Waals surface area contributed by atoms with Crippen molar-refractivity contribution in [3.63, 3.8) is 0 Å². The summed E-state index contributed by atoms with van der Waals surface area (Å²) in [7, 11) is 2.68. The standard InChI is InChI=1S/C10H17N6O5P/c1-13(2)10(14(3)4)15-8-6-5-7-11-9(8)16(12-15)20-22(18,19)21-17/h5-7,12H,1-4H3,(H-,17,18,19)/p+1. The number of guanidine groups is 1. The average Bonchev–Trinajstić information content (AvgIpc) is 2.77. The zero-order chi connectivity index (χ0) is 16.5. The molecule has 3 N–H and O–H groups in total. The molecule has 1 aromatic rings. The number of phosphoric acid groups is 1. The number of nitrogens with zero attached hydrogens (tertiary/aromatic N) is 5. The molecule has 2 heterocycles. The van der Waals surface area contributed by atoms with Crippen LogP contribution in [0.3, 0.4) is 0 Å². The summed E-state index contributed by atoms with van der Waals surface area (Å²) in [5.41, 5.74) is 3.33. The third-order valence-corrected chi connectivity index (χ3v) is 3.25. The highest BCUT2D eigenvalue weighted by Crippen LogP contribution is 2.45. The Morgan fingerprint density at radius 3 is 2.73 bits per heavy atom. The molecule has 1 atom stereocenters. The minimum absolute atomic E-state index is 0.232. The fraction of sp³-hybridized carbons (Fsp3) is 0.400. The van der Waals surface area contributed by atoms with Gasteiger partial charge in [0.2, 0.25) is 5.82 Å². The second kappa shape index (κ2) is 6.16. The Morgan fingerprint density at radius 2 is 2.18 bits per heavy atom. The lowest BCUT2D eigenvalue weighted by Crippen LogP contribution is -2.54. The first-order chi connectivity index (χ1) is 10.3. The number of hydrogen-bond donors (Lipinski definition) is 3. The number of pyridine rings is 1. The minimum atomic E-state index is -4.67. The predicted molar refractivity (Wildman–Crippen MR) is 77.8 cm³/mol. The number of hydrazine groups is 2. The van der Waals surface area contributed by atoms with Crippen LogP contribution in [-0.4, -0.2) is 58.8 Å². The van der Waals surface area contributed by atoms with Crippen molar-refractivity contribution < 1.29 is 28.6 Å². The maximum atomic E-state index is 11.4. The molecule has 0 spiro atoms. The summed E-state index contributed by atoms with van der Waals surface area (Å²) in [6, 6.07) is 3.45. The third kappa shape index (κ3) is 3.19. The largest absolute Gasteiger partial charge is 0.522 e. The second-order valence-corrected chi connectivity index (χ2v) is 6.06. The number of rotatable bonds is 3. The van der Waals surface area contributed by atoms with E-state index in [0.29, 0.717) is 11.6 Å². The molecule has 1 aromatic heterocycles. The quantitative estimate of drug-likeness (QED) is 0.172. The van der Waals surface area contributed by atoms with Crippen LogP contribution >= 0.6 is 7.82 Å². The summed E-state index contributed by atoms with van der Waals surface area (Å²) in [4.78, 5) is 15.2. The van der Waals surface area contributed by atoms with Gasteiger partial charge in [-0.1, -0.05) is 5.53 Å². The third-order valence-electron chi connectivity index (χ3n) is 2.68. The van der Waals surface area contributed by atoms with Crippen LogP contribution in [0.1, 0.15) is 0 Å². The molecule has 0 aliphatic carbocycles. The van der Waals surface area contributed by atoms with Gasteiger partial charge in [-0.25, -0.2) is 14.8 Å². The van der Waals surface area contributed by atoms with Gasteiger partial charge in [0.25, 0.3) is 0 Å². The molecule has 2 rings (SSSR count). The molecular weight excluding hydrogens is 315 g/mol. The van der Waals surface area contributed by atoms with E-state index < -0.39 is 7.82 Å². The van der Waals surface area contributed by atoms with E-state index in [2.05, 4.69) is 15.2 Å². The van der Waals surface area contributed by atoms with Crippen molar-refractivity contribution in [3.8, 4) is 0 Å². The van der Waals surface area contributed by atoms with Gasteiger partial charge in [-0.3, -0.25) is 14.4 Å². The molecule has 1 aliphatic rings. The Kier molecular flexibility index (Phi) is 4.66. The Balaban J connectivity index is 2.42. The van der Waals surface area contributed by atoms with Crippen molar-refractivity contribution in [1.82, 2.24) is 15.4 Å². The number of aromatic nitrogens is 1. The highest BCUT2D eigenvalue weighted by atomic mass is 31.2. The average molecular weight is 333 g/mol. The highest BCUT2D eigenvalue weighted by Gasteiger charge is 2.41. The van der Waals surface area contributed by atoms with Gasteiger partial charge >= 0.3 is 13.8 Å². The van der Waals surface area contributed by atoms with Crippen LogP contribution in [0, 0.1) is 0 Å². The van der Waals surface area contributed by atoms with Crippen LogP contribution in [0.15, 0.2) is 18.3 Å². The smallest absolute Gasteiger partial charge is 0.300 e. The minimum Gasteiger partial charge on any atom is -0.300 e. The molecule has 12 heteroatoms. The normalized spacial score (nSPS) is 16.3.